The predicted octanol–water partition coefficient (Wildman–Crippen LogP) is 8.99. The minimum atomic E-state index is -1.34. The number of likely N-dealkylation sites (N-methyl/N-ethyl adjacent to an activating group) is 1. The second kappa shape index (κ2) is 22.5. The van der Waals surface area contributed by atoms with Gasteiger partial charge in [0.15, 0.2) is 11.6 Å². The minimum absolute atomic E-state index is 0.0543. The fourth-order valence-corrected chi connectivity index (χ4v) is 9.12. The quantitative estimate of drug-likeness (QED) is 0.0594. The van der Waals surface area contributed by atoms with Crippen LogP contribution in [0.15, 0.2) is 84.9 Å². The van der Waals surface area contributed by atoms with Gasteiger partial charge in [-0.2, -0.15) is 0 Å². The molecule has 1 fully saturated rings. The van der Waals surface area contributed by atoms with Crippen LogP contribution >= 0.6 is 0 Å². The predicted molar refractivity (Wildman–Crippen MR) is 249 cm³/mol. The van der Waals surface area contributed by atoms with Gasteiger partial charge in [-0.15, -0.1) is 0 Å². The van der Waals surface area contributed by atoms with Gasteiger partial charge in [-0.3, -0.25) is 24.0 Å². The summed E-state index contributed by atoms with van der Waals surface area (Å²) in [4.78, 5) is 83.8. The van der Waals surface area contributed by atoms with Crippen LogP contribution in [0, 0.1) is 5.92 Å². The summed E-state index contributed by atoms with van der Waals surface area (Å²) in [5.74, 6) is -4.69. The van der Waals surface area contributed by atoms with Crippen molar-refractivity contribution >= 4 is 35.3 Å². The second-order valence-corrected chi connectivity index (χ2v) is 17.8. The average molecular weight is 886 g/mol. The summed E-state index contributed by atoms with van der Waals surface area (Å²) >= 11 is 0. The Morgan fingerprint density at radius 2 is 1.38 bits per heavy atom. The number of aryl methyl sites for hydroxylation is 1. The van der Waals surface area contributed by atoms with Crippen molar-refractivity contribution in [2.24, 2.45) is 5.92 Å². The molecular weight excluding hydrogens is 823 g/mol. The lowest BCUT2D eigenvalue weighted by molar-refractivity contribution is -0.147. The molecule has 12 heteroatoms. The van der Waals surface area contributed by atoms with Crippen molar-refractivity contribution in [3.63, 3.8) is 0 Å². The molecule has 4 aromatic carbocycles. The van der Waals surface area contributed by atoms with E-state index in [1.807, 2.05) is 24.3 Å². The van der Waals surface area contributed by atoms with Crippen molar-refractivity contribution in [2.75, 3.05) is 13.6 Å². The summed E-state index contributed by atoms with van der Waals surface area (Å²) in [7, 11) is 1.46. The molecule has 4 aromatic rings. The number of unbranched alkanes of at least 4 members (excludes halogenated alkanes) is 6. The molecule has 2 aliphatic rings. The van der Waals surface area contributed by atoms with Crippen LogP contribution in [-0.2, 0) is 36.8 Å². The van der Waals surface area contributed by atoms with Crippen molar-refractivity contribution in [1.82, 2.24) is 15.1 Å². The molecule has 3 amide bonds. The van der Waals surface area contributed by atoms with Crippen molar-refractivity contribution in [3.8, 4) is 33.8 Å². The first kappa shape index (κ1) is 48.2. The van der Waals surface area contributed by atoms with E-state index in [9.17, 15) is 44.1 Å². The third kappa shape index (κ3) is 12.3. The summed E-state index contributed by atoms with van der Waals surface area (Å²) in [5, 5.41) is 34.3. The van der Waals surface area contributed by atoms with E-state index in [2.05, 4.69) is 36.5 Å². The van der Waals surface area contributed by atoms with E-state index in [-0.39, 0.29) is 60.0 Å². The van der Waals surface area contributed by atoms with Gasteiger partial charge in [0.2, 0.25) is 17.7 Å². The molecule has 344 valence electrons. The number of Topliss-reactive ketones (excluding diaryl/α,β-unsaturated/α-hetero) is 2. The summed E-state index contributed by atoms with van der Waals surface area (Å²) in [6, 6.07) is 21.4. The molecule has 0 saturated carbocycles. The van der Waals surface area contributed by atoms with E-state index in [4.69, 9.17) is 0 Å². The Morgan fingerprint density at radius 1 is 0.754 bits per heavy atom. The van der Waals surface area contributed by atoms with Gasteiger partial charge >= 0.3 is 5.97 Å². The Bertz CT molecular complexity index is 2340. The topological polar surface area (TPSA) is 182 Å². The van der Waals surface area contributed by atoms with Gasteiger partial charge < -0.3 is 30.4 Å². The van der Waals surface area contributed by atoms with Crippen LogP contribution in [0.5, 0.6) is 11.5 Å². The van der Waals surface area contributed by atoms with Crippen LogP contribution in [0.3, 0.4) is 0 Å². The van der Waals surface area contributed by atoms with Crippen LogP contribution in [0.1, 0.15) is 130 Å². The molecule has 1 saturated heterocycles. The third-order valence-corrected chi connectivity index (χ3v) is 13.0. The molecular formula is C53H63N3O9. The highest BCUT2D eigenvalue weighted by Gasteiger charge is 2.40. The van der Waals surface area contributed by atoms with E-state index in [0.717, 1.165) is 17.5 Å². The lowest BCUT2D eigenvalue weighted by atomic mass is 9.89. The maximum absolute atomic E-state index is 14.4. The number of benzene rings is 4. The maximum atomic E-state index is 14.4. The van der Waals surface area contributed by atoms with Crippen LogP contribution < -0.4 is 5.32 Å². The zero-order chi connectivity index (χ0) is 46.6. The number of aromatic hydroxyl groups is 2. The number of carboxylic acid groups (broad SMARTS) is 1. The molecule has 0 aliphatic carbocycles. The number of nitrogens with one attached hydrogen (secondary N) is 1. The van der Waals surface area contributed by atoms with Crippen molar-refractivity contribution in [1.29, 1.82) is 0 Å². The van der Waals surface area contributed by atoms with Gasteiger partial charge in [0.25, 0.3) is 0 Å². The molecule has 0 unspecified atom stereocenters. The Labute approximate surface area is 382 Å². The molecule has 4 N–H and O–H groups in total. The Balaban J connectivity index is 1.09. The highest BCUT2D eigenvalue weighted by atomic mass is 16.4. The summed E-state index contributed by atoms with van der Waals surface area (Å²) in [6.07, 6.45) is 11.0. The summed E-state index contributed by atoms with van der Waals surface area (Å²) < 4.78 is 0. The number of fused-ring (bicyclic) bond motifs is 5. The molecule has 2 aliphatic heterocycles. The number of nitrogens with zero attached hydrogens (tertiary/aromatic N) is 2. The molecule has 2 heterocycles. The number of hydrogen-bond donors (Lipinski definition) is 4. The second-order valence-electron chi connectivity index (χ2n) is 17.8. The highest BCUT2D eigenvalue weighted by Crippen LogP contribution is 2.39. The SMILES string of the molecule is CCCCCCCCCc1ccc(-c2ccc(C(=O)CCCC(=O)N3CCC[C@H]3C(=O)N(C)[C@@H]3C(=O)C[C@@H](C)C(=O)N[C@H](C(=O)O)Cc4ccc(O)c(c4)-c4cc3ccc4O)cc2)cc1. The lowest BCUT2D eigenvalue weighted by Gasteiger charge is -2.33. The summed E-state index contributed by atoms with van der Waals surface area (Å²) in [5.41, 5.74) is 5.10. The van der Waals surface area contributed by atoms with E-state index in [1.54, 1.807) is 0 Å². The number of rotatable bonds is 17. The largest absolute Gasteiger partial charge is 0.507 e. The number of aliphatic carboxylic acids is 1. The Hall–Kier alpha value is -6.30. The molecule has 4 atom stereocenters. The molecule has 0 spiro atoms. The fourth-order valence-electron chi connectivity index (χ4n) is 9.12. The van der Waals surface area contributed by atoms with E-state index in [0.29, 0.717) is 42.5 Å². The van der Waals surface area contributed by atoms with Gasteiger partial charge in [0.05, 0.1) is 0 Å². The highest BCUT2D eigenvalue weighted by molar-refractivity contribution is 5.98. The Morgan fingerprint density at radius 3 is 2.06 bits per heavy atom. The van der Waals surface area contributed by atoms with Gasteiger partial charge in [-0.1, -0.05) is 113 Å². The zero-order valence-electron chi connectivity index (χ0n) is 37.9. The first-order valence-electron chi connectivity index (χ1n) is 23.3. The number of carbonyl (C=O) groups is 6. The number of hydrogen-bond acceptors (Lipinski definition) is 8. The standard InChI is InChI=1S/C53H63N3O9/c1-4-5-6-7-8-9-10-13-35-17-20-37(21-18-35)38-22-24-39(25-23-38)45(57)15-11-16-49(61)56-29-12-14-44(56)52(63)55(3)50-40-26-28-47(59)42(33-40)41-31-36(19-27-46(41)58)32-43(53(64)65)54-51(62)34(2)30-48(50)60/h17-28,31,33-34,43-44,50,58-59H,4-16,29-30,32H2,1-3H3,(H,54,62)(H,64,65)/t34-,43+,44+,50+/m1/s1. The van der Waals surface area contributed by atoms with E-state index < -0.39 is 47.6 Å². The van der Waals surface area contributed by atoms with Crippen molar-refractivity contribution in [2.45, 2.75) is 128 Å². The lowest BCUT2D eigenvalue weighted by Crippen LogP contribution is -2.49. The van der Waals surface area contributed by atoms with Gasteiger partial charge in [0, 0.05) is 61.9 Å². The third-order valence-electron chi connectivity index (χ3n) is 13.0. The molecule has 4 bridgehead atoms. The zero-order valence-corrected chi connectivity index (χ0v) is 37.9. The molecule has 0 radical (unpaired) electrons. The van der Waals surface area contributed by atoms with E-state index in [1.165, 1.54) is 111 Å². The minimum Gasteiger partial charge on any atom is -0.507 e. The Kier molecular flexibility index (Phi) is 16.7. The van der Waals surface area contributed by atoms with Crippen LogP contribution in [0.2, 0.25) is 0 Å². The number of likely N-dealkylation sites (tertiary alicyclic amines) is 1. The summed E-state index contributed by atoms with van der Waals surface area (Å²) in [6.45, 7) is 4.07. The first-order valence-corrected chi connectivity index (χ1v) is 23.3. The smallest absolute Gasteiger partial charge is 0.326 e. The monoisotopic (exact) mass is 885 g/mol. The van der Waals surface area contributed by atoms with Crippen molar-refractivity contribution < 1.29 is 44.1 Å². The molecule has 0 aromatic heterocycles. The maximum Gasteiger partial charge on any atom is 0.326 e. The van der Waals surface area contributed by atoms with Gasteiger partial charge in [0.1, 0.15) is 29.6 Å². The van der Waals surface area contributed by atoms with Gasteiger partial charge in [-0.25, -0.2) is 4.79 Å². The molecule has 6 rings (SSSR count). The number of amides is 3. The van der Waals surface area contributed by atoms with Crippen molar-refractivity contribution in [3.05, 3.63) is 107 Å². The van der Waals surface area contributed by atoms with E-state index >= 15 is 0 Å². The van der Waals surface area contributed by atoms with Crippen LogP contribution in [-0.4, -0.2) is 86.1 Å². The number of phenolic OH excluding ortho intramolecular Hbond substituents is 2. The number of phenols is 2. The number of carbonyl (C=O) groups excluding carboxylic acids is 5. The number of ketones is 2. The molecule has 65 heavy (non-hydrogen) atoms. The number of carboxylic acids is 1. The average Bonchev–Trinajstić information content (AvgIpc) is 3.80. The van der Waals surface area contributed by atoms with Crippen LogP contribution in [0.25, 0.3) is 22.3 Å². The normalized spacial score (nSPS) is 18.7. The first-order chi connectivity index (χ1) is 31.2. The fraction of sp³-hybridized carbons (Fsp3) is 0.434. The van der Waals surface area contributed by atoms with Gasteiger partial charge in [-0.05, 0) is 84.2 Å². The van der Waals surface area contributed by atoms with Crippen LogP contribution in [0.4, 0.5) is 0 Å². The molecule has 12 nitrogen and oxygen atoms in total.